The van der Waals surface area contributed by atoms with Crippen LogP contribution in [0.4, 0.5) is 4.39 Å². The van der Waals surface area contributed by atoms with Crippen molar-refractivity contribution in [3.05, 3.63) is 12.2 Å². The van der Waals surface area contributed by atoms with Gasteiger partial charge in [0, 0.05) is 0 Å². The van der Waals surface area contributed by atoms with Crippen LogP contribution in [0, 0.1) is 11.3 Å². The highest BCUT2D eigenvalue weighted by Crippen LogP contribution is 2.53. The van der Waals surface area contributed by atoms with E-state index in [0.29, 0.717) is 5.41 Å². The summed E-state index contributed by atoms with van der Waals surface area (Å²) in [5, 5.41) is 0. The Hall–Kier alpha value is -0.330. The molecule has 2 fully saturated rings. The second-order valence-corrected chi connectivity index (χ2v) is 7.29. The summed E-state index contributed by atoms with van der Waals surface area (Å²) < 4.78 is 13.4. The zero-order chi connectivity index (χ0) is 13.2. The Labute approximate surface area is 112 Å². The molecule has 0 bridgehead atoms. The van der Waals surface area contributed by atoms with Gasteiger partial charge in [0.1, 0.15) is 5.67 Å². The standard InChI is InChI=1S/C17H29F/c1-14-6-4-11-17(14)12-8-15(9-13-17)7-5-10-16(2,3)18/h15H,1,4-13H2,2-3H3. The predicted octanol–water partition coefficient (Wildman–Crippen LogP) is 5.82. The molecule has 2 rings (SSSR count). The lowest BCUT2D eigenvalue weighted by atomic mass is 9.67. The van der Waals surface area contributed by atoms with Crippen LogP contribution in [0.25, 0.3) is 0 Å². The van der Waals surface area contributed by atoms with E-state index < -0.39 is 5.67 Å². The average Bonchev–Trinajstić information content (AvgIpc) is 2.62. The van der Waals surface area contributed by atoms with Crippen molar-refractivity contribution in [1.29, 1.82) is 0 Å². The Balaban J connectivity index is 1.72. The van der Waals surface area contributed by atoms with Crippen molar-refractivity contribution in [2.24, 2.45) is 11.3 Å². The van der Waals surface area contributed by atoms with Gasteiger partial charge in [0.05, 0.1) is 0 Å². The first-order chi connectivity index (χ1) is 8.41. The molecule has 0 amide bonds. The van der Waals surface area contributed by atoms with Gasteiger partial charge in [-0.2, -0.15) is 0 Å². The van der Waals surface area contributed by atoms with Crippen molar-refractivity contribution in [2.75, 3.05) is 0 Å². The van der Waals surface area contributed by atoms with Crippen molar-refractivity contribution >= 4 is 0 Å². The predicted molar refractivity (Wildman–Crippen MR) is 76.4 cm³/mol. The van der Waals surface area contributed by atoms with E-state index in [2.05, 4.69) is 6.58 Å². The molecule has 2 saturated carbocycles. The third-order valence-corrected chi connectivity index (χ3v) is 5.33. The van der Waals surface area contributed by atoms with Gasteiger partial charge in [0.15, 0.2) is 0 Å². The smallest absolute Gasteiger partial charge is 0.105 e. The molecule has 0 unspecified atom stereocenters. The minimum absolute atomic E-state index is 0.524. The van der Waals surface area contributed by atoms with Crippen molar-refractivity contribution in [1.82, 2.24) is 0 Å². The fourth-order valence-corrected chi connectivity index (χ4v) is 4.02. The Bertz CT molecular complexity index is 289. The Morgan fingerprint density at radius 2 is 1.94 bits per heavy atom. The molecule has 1 spiro atoms. The van der Waals surface area contributed by atoms with Gasteiger partial charge < -0.3 is 0 Å². The summed E-state index contributed by atoms with van der Waals surface area (Å²) in [5.74, 6) is 0.853. The lowest BCUT2D eigenvalue weighted by molar-refractivity contribution is 0.165. The Morgan fingerprint density at radius 1 is 1.28 bits per heavy atom. The van der Waals surface area contributed by atoms with Gasteiger partial charge in [-0.1, -0.05) is 25.0 Å². The van der Waals surface area contributed by atoms with E-state index in [1.807, 2.05) is 0 Å². The van der Waals surface area contributed by atoms with Crippen LogP contribution in [-0.2, 0) is 0 Å². The van der Waals surface area contributed by atoms with Crippen LogP contribution >= 0.6 is 0 Å². The highest BCUT2D eigenvalue weighted by Gasteiger charge is 2.39. The molecular formula is C17H29F. The maximum absolute atomic E-state index is 13.4. The fourth-order valence-electron chi connectivity index (χ4n) is 4.02. The van der Waals surface area contributed by atoms with Crippen LogP contribution in [0.5, 0.6) is 0 Å². The summed E-state index contributed by atoms with van der Waals surface area (Å²) in [6.07, 6.45) is 12.4. The summed E-state index contributed by atoms with van der Waals surface area (Å²) in [6, 6.07) is 0. The number of allylic oxidation sites excluding steroid dienone is 1. The maximum atomic E-state index is 13.4. The summed E-state index contributed by atoms with van der Waals surface area (Å²) in [5.41, 5.74) is 1.08. The van der Waals surface area contributed by atoms with E-state index in [4.69, 9.17) is 0 Å². The van der Waals surface area contributed by atoms with Crippen LogP contribution in [0.15, 0.2) is 12.2 Å². The first-order valence-corrected chi connectivity index (χ1v) is 7.79. The van der Waals surface area contributed by atoms with Gasteiger partial charge in [-0.25, -0.2) is 4.39 Å². The van der Waals surface area contributed by atoms with Crippen molar-refractivity contribution < 1.29 is 4.39 Å². The quantitative estimate of drug-likeness (QED) is 0.553. The molecule has 0 atom stereocenters. The molecule has 2 aliphatic rings. The first-order valence-electron chi connectivity index (χ1n) is 7.79. The average molecular weight is 252 g/mol. The van der Waals surface area contributed by atoms with Crippen molar-refractivity contribution in [3.63, 3.8) is 0 Å². The van der Waals surface area contributed by atoms with Crippen LogP contribution in [0.3, 0.4) is 0 Å². The molecule has 104 valence electrons. The van der Waals surface area contributed by atoms with Crippen LogP contribution in [0.1, 0.15) is 78.1 Å². The number of halogens is 1. The Morgan fingerprint density at radius 3 is 2.44 bits per heavy atom. The third-order valence-electron chi connectivity index (χ3n) is 5.33. The molecule has 0 saturated heterocycles. The SMILES string of the molecule is C=C1CCCC12CCC(CCCC(C)(C)F)CC2. The van der Waals surface area contributed by atoms with Gasteiger partial charge in [0.2, 0.25) is 0 Å². The molecule has 1 heteroatoms. The lowest BCUT2D eigenvalue weighted by Crippen LogP contribution is -2.26. The zero-order valence-electron chi connectivity index (χ0n) is 12.2. The van der Waals surface area contributed by atoms with Gasteiger partial charge in [0.25, 0.3) is 0 Å². The van der Waals surface area contributed by atoms with E-state index in [1.165, 1.54) is 56.9 Å². The summed E-state index contributed by atoms with van der Waals surface area (Å²) in [7, 11) is 0. The normalized spacial score (nSPS) is 33.3. The highest BCUT2D eigenvalue weighted by atomic mass is 19.1. The van der Waals surface area contributed by atoms with E-state index >= 15 is 0 Å². The van der Waals surface area contributed by atoms with E-state index in [1.54, 1.807) is 13.8 Å². The van der Waals surface area contributed by atoms with Crippen LogP contribution in [-0.4, -0.2) is 5.67 Å². The van der Waals surface area contributed by atoms with Gasteiger partial charge >= 0.3 is 0 Å². The molecule has 2 aliphatic carbocycles. The van der Waals surface area contributed by atoms with Gasteiger partial charge in [-0.05, 0) is 76.5 Å². The fraction of sp³-hybridized carbons (Fsp3) is 0.882. The van der Waals surface area contributed by atoms with Crippen molar-refractivity contribution in [3.8, 4) is 0 Å². The van der Waals surface area contributed by atoms with E-state index in [0.717, 1.165) is 18.8 Å². The number of rotatable bonds is 4. The van der Waals surface area contributed by atoms with Gasteiger partial charge in [-0.15, -0.1) is 0 Å². The number of alkyl halides is 1. The molecule has 18 heavy (non-hydrogen) atoms. The van der Waals surface area contributed by atoms with Crippen LogP contribution in [0.2, 0.25) is 0 Å². The second-order valence-electron chi connectivity index (χ2n) is 7.29. The topological polar surface area (TPSA) is 0 Å². The summed E-state index contributed by atoms with van der Waals surface area (Å²) >= 11 is 0. The lowest BCUT2D eigenvalue weighted by Gasteiger charge is -2.38. The zero-order valence-corrected chi connectivity index (χ0v) is 12.2. The monoisotopic (exact) mass is 252 g/mol. The maximum Gasteiger partial charge on any atom is 0.105 e. The second kappa shape index (κ2) is 5.35. The Kier molecular flexibility index (Phi) is 4.18. The number of hydrogen-bond acceptors (Lipinski definition) is 0. The van der Waals surface area contributed by atoms with E-state index in [9.17, 15) is 4.39 Å². The molecule has 0 aliphatic heterocycles. The highest BCUT2D eigenvalue weighted by molar-refractivity contribution is 5.16. The summed E-state index contributed by atoms with van der Waals surface area (Å²) in [4.78, 5) is 0. The van der Waals surface area contributed by atoms with Crippen molar-refractivity contribution in [2.45, 2.75) is 83.7 Å². The molecule has 0 heterocycles. The minimum atomic E-state index is -0.977. The molecule has 0 radical (unpaired) electrons. The number of hydrogen-bond donors (Lipinski definition) is 0. The minimum Gasteiger partial charge on any atom is -0.245 e. The third kappa shape index (κ3) is 3.36. The van der Waals surface area contributed by atoms with Gasteiger partial charge in [-0.3, -0.25) is 0 Å². The molecular weight excluding hydrogens is 223 g/mol. The largest absolute Gasteiger partial charge is 0.245 e. The van der Waals surface area contributed by atoms with E-state index in [-0.39, 0.29) is 0 Å². The van der Waals surface area contributed by atoms with Crippen LogP contribution < -0.4 is 0 Å². The molecule has 0 aromatic carbocycles. The molecule has 0 nitrogen and oxygen atoms in total. The molecule has 0 aromatic rings. The molecule has 0 aromatic heterocycles. The first kappa shape index (κ1) is 14.1. The summed E-state index contributed by atoms with van der Waals surface area (Å²) in [6.45, 7) is 7.70. The molecule has 0 N–H and O–H groups in total.